The van der Waals surface area contributed by atoms with Crippen LogP contribution in [0.3, 0.4) is 0 Å². The zero-order chi connectivity index (χ0) is 6.69. The molecule has 0 aromatic rings. The van der Waals surface area contributed by atoms with Crippen molar-refractivity contribution in [3.8, 4) is 0 Å². The van der Waals surface area contributed by atoms with Gasteiger partial charge in [0.15, 0.2) is 0 Å². The molecule has 9 heavy (non-hydrogen) atoms. The fourth-order valence-corrected chi connectivity index (χ4v) is 1.28. The van der Waals surface area contributed by atoms with Gasteiger partial charge in [-0.15, -0.1) is 0 Å². The van der Waals surface area contributed by atoms with Crippen LogP contribution in [0.4, 0.5) is 0 Å². The molecule has 1 rings (SSSR count). The first kappa shape index (κ1) is 6.59. The number of hydrogen-bond donors (Lipinski definition) is 0. The van der Waals surface area contributed by atoms with Crippen LogP contribution in [0.2, 0.25) is 0 Å². The summed E-state index contributed by atoms with van der Waals surface area (Å²) in [5, 5.41) is 0. The Hall–Kier alpha value is -0.530. The van der Waals surface area contributed by atoms with Crippen molar-refractivity contribution < 1.29 is 0 Å². The van der Waals surface area contributed by atoms with Crippen LogP contribution in [0.15, 0.2) is 4.99 Å². The van der Waals surface area contributed by atoms with Gasteiger partial charge < -0.3 is 4.90 Å². The van der Waals surface area contributed by atoms with E-state index in [2.05, 4.69) is 16.8 Å². The first-order valence-electron chi connectivity index (χ1n) is 3.52. The van der Waals surface area contributed by atoms with E-state index in [4.69, 9.17) is 0 Å². The van der Waals surface area contributed by atoms with E-state index in [1.165, 1.54) is 19.4 Å². The number of rotatable bonds is 1. The molecule has 1 fully saturated rings. The summed E-state index contributed by atoms with van der Waals surface area (Å²) in [6.45, 7) is 3.44. The maximum Gasteiger partial charge on any atom is 0.0848 e. The summed E-state index contributed by atoms with van der Waals surface area (Å²) in [7, 11) is 1.82. The molecule has 0 N–H and O–H groups in total. The Morgan fingerprint density at radius 3 is 2.89 bits per heavy atom. The number of nitrogens with zero attached hydrogens (tertiary/aromatic N) is 2. The van der Waals surface area contributed by atoms with Crippen molar-refractivity contribution in [2.75, 3.05) is 13.6 Å². The van der Waals surface area contributed by atoms with Gasteiger partial charge in [0.2, 0.25) is 0 Å². The van der Waals surface area contributed by atoms with Crippen molar-refractivity contribution in [2.45, 2.75) is 25.8 Å². The minimum absolute atomic E-state index is 0.716. The van der Waals surface area contributed by atoms with Crippen LogP contribution in [0.1, 0.15) is 19.8 Å². The van der Waals surface area contributed by atoms with E-state index < -0.39 is 0 Å². The quantitative estimate of drug-likeness (QED) is 0.380. The van der Waals surface area contributed by atoms with E-state index in [0.717, 1.165) is 0 Å². The highest BCUT2D eigenvalue weighted by Crippen LogP contribution is 2.13. The predicted molar refractivity (Wildman–Crippen MR) is 39.8 cm³/mol. The molecule has 1 saturated heterocycles. The predicted octanol–water partition coefficient (Wildman–Crippen LogP) is 1.13. The topological polar surface area (TPSA) is 15.6 Å². The van der Waals surface area contributed by atoms with Crippen molar-refractivity contribution in [1.29, 1.82) is 0 Å². The lowest BCUT2D eigenvalue weighted by Crippen LogP contribution is -2.24. The molecule has 0 amide bonds. The lowest BCUT2D eigenvalue weighted by atomic mass is 10.2. The largest absolute Gasteiger partial charge is 0.360 e. The third kappa shape index (κ3) is 1.44. The molecule has 1 atom stereocenters. The van der Waals surface area contributed by atoms with Gasteiger partial charge in [0, 0.05) is 19.6 Å². The Labute approximate surface area is 56.6 Å². The molecule has 0 radical (unpaired) electrons. The summed E-state index contributed by atoms with van der Waals surface area (Å²) in [5.41, 5.74) is 0. The first-order valence-corrected chi connectivity index (χ1v) is 3.52. The van der Waals surface area contributed by atoms with Gasteiger partial charge >= 0.3 is 0 Å². The van der Waals surface area contributed by atoms with Gasteiger partial charge in [-0.1, -0.05) is 0 Å². The molecule has 0 aromatic heterocycles. The van der Waals surface area contributed by atoms with E-state index in [9.17, 15) is 0 Å². The SMILES string of the molecule is CN=CN1CCCC1C. The fourth-order valence-electron chi connectivity index (χ4n) is 1.28. The Morgan fingerprint density at radius 2 is 2.44 bits per heavy atom. The maximum absolute atomic E-state index is 3.97. The average molecular weight is 126 g/mol. The summed E-state index contributed by atoms with van der Waals surface area (Å²) < 4.78 is 0. The third-order valence-corrected chi connectivity index (χ3v) is 1.87. The molecule has 2 heteroatoms. The molecular formula is C7H14N2. The average Bonchev–Trinajstić information content (AvgIpc) is 2.18. The van der Waals surface area contributed by atoms with Gasteiger partial charge in [0.1, 0.15) is 0 Å². The molecule has 0 bridgehead atoms. The number of hydrogen-bond acceptors (Lipinski definition) is 1. The highest BCUT2D eigenvalue weighted by atomic mass is 15.2. The van der Waals surface area contributed by atoms with Crippen molar-refractivity contribution in [3.63, 3.8) is 0 Å². The molecule has 0 aromatic carbocycles. The van der Waals surface area contributed by atoms with Crippen molar-refractivity contribution in [1.82, 2.24) is 4.90 Å². The molecule has 0 spiro atoms. The van der Waals surface area contributed by atoms with Crippen LogP contribution >= 0.6 is 0 Å². The van der Waals surface area contributed by atoms with E-state index in [-0.39, 0.29) is 0 Å². The summed E-state index contributed by atoms with van der Waals surface area (Å²) in [6.07, 6.45) is 4.59. The van der Waals surface area contributed by atoms with Gasteiger partial charge in [-0.05, 0) is 19.8 Å². The molecule has 1 heterocycles. The zero-order valence-corrected chi connectivity index (χ0v) is 6.17. The van der Waals surface area contributed by atoms with E-state index >= 15 is 0 Å². The number of aliphatic imine (C=N–C) groups is 1. The first-order chi connectivity index (χ1) is 4.34. The minimum atomic E-state index is 0.716. The molecule has 1 aliphatic rings. The Bertz CT molecular complexity index is 109. The molecule has 1 unspecified atom stereocenters. The van der Waals surface area contributed by atoms with Crippen LogP contribution in [0.5, 0.6) is 0 Å². The Morgan fingerprint density at radius 1 is 1.67 bits per heavy atom. The van der Waals surface area contributed by atoms with E-state index in [0.29, 0.717) is 6.04 Å². The number of likely N-dealkylation sites (tertiary alicyclic amines) is 1. The van der Waals surface area contributed by atoms with Gasteiger partial charge in [-0.3, -0.25) is 4.99 Å². The summed E-state index contributed by atoms with van der Waals surface area (Å²) in [6, 6.07) is 0.716. The monoisotopic (exact) mass is 126 g/mol. The summed E-state index contributed by atoms with van der Waals surface area (Å²) in [4.78, 5) is 6.26. The molecule has 0 aliphatic carbocycles. The fraction of sp³-hybridized carbons (Fsp3) is 0.857. The normalized spacial score (nSPS) is 28.2. The smallest absolute Gasteiger partial charge is 0.0848 e. The molecule has 52 valence electrons. The second-order valence-electron chi connectivity index (χ2n) is 2.60. The Balaban J connectivity index is 2.39. The lowest BCUT2D eigenvalue weighted by Gasteiger charge is -2.16. The highest BCUT2D eigenvalue weighted by molar-refractivity contribution is 5.55. The van der Waals surface area contributed by atoms with Gasteiger partial charge in [0.05, 0.1) is 6.34 Å². The third-order valence-electron chi connectivity index (χ3n) is 1.87. The van der Waals surface area contributed by atoms with Crippen LogP contribution < -0.4 is 0 Å². The van der Waals surface area contributed by atoms with Crippen LogP contribution in [-0.2, 0) is 0 Å². The standard InChI is InChI=1S/C7H14N2/c1-7-4-3-5-9(7)6-8-2/h6-7H,3-5H2,1-2H3. The van der Waals surface area contributed by atoms with Gasteiger partial charge in [-0.2, -0.15) is 0 Å². The minimum Gasteiger partial charge on any atom is -0.360 e. The van der Waals surface area contributed by atoms with Gasteiger partial charge in [0.25, 0.3) is 0 Å². The second kappa shape index (κ2) is 2.85. The molecule has 0 saturated carbocycles. The van der Waals surface area contributed by atoms with Crippen LogP contribution in [0.25, 0.3) is 0 Å². The Kier molecular flexibility index (Phi) is 2.09. The summed E-state index contributed by atoms with van der Waals surface area (Å²) in [5.74, 6) is 0. The lowest BCUT2D eigenvalue weighted by molar-refractivity contribution is 0.426. The van der Waals surface area contributed by atoms with Crippen molar-refractivity contribution in [3.05, 3.63) is 0 Å². The van der Waals surface area contributed by atoms with E-state index in [1.807, 2.05) is 13.4 Å². The van der Waals surface area contributed by atoms with Crippen LogP contribution in [-0.4, -0.2) is 30.9 Å². The van der Waals surface area contributed by atoms with Crippen molar-refractivity contribution >= 4 is 6.34 Å². The molecule has 2 nitrogen and oxygen atoms in total. The van der Waals surface area contributed by atoms with Gasteiger partial charge in [-0.25, -0.2) is 0 Å². The maximum atomic E-state index is 3.97. The second-order valence-corrected chi connectivity index (χ2v) is 2.60. The molecular weight excluding hydrogens is 112 g/mol. The summed E-state index contributed by atoms with van der Waals surface area (Å²) >= 11 is 0. The van der Waals surface area contributed by atoms with Crippen molar-refractivity contribution in [2.24, 2.45) is 4.99 Å². The highest BCUT2D eigenvalue weighted by Gasteiger charge is 2.15. The van der Waals surface area contributed by atoms with Crippen LogP contribution in [0, 0.1) is 0 Å². The molecule has 1 aliphatic heterocycles. The van der Waals surface area contributed by atoms with E-state index in [1.54, 1.807) is 0 Å². The zero-order valence-electron chi connectivity index (χ0n) is 6.17.